The van der Waals surface area contributed by atoms with E-state index in [2.05, 4.69) is 11.9 Å². The Bertz CT molecular complexity index is 601. The van der Waals surface area contributed by atoms with Crippen molar-refractivity contribution in [2.24, 2.45) is 0 Å². The van der Waals surface area contributed by atoms with E-state index in [9.17, 15) is 8.78 Å². The summed E-state index contributed by atoms with van der Waals surface area (Å²) < 4.78 is 34.5. The lowest BCUT2D eigenvalue weighted by molar-refractivity contribution is 0.126. The number of ether oxygens (including phenoxy) is 1. The van der Waals surface area contributed by atoms with Crippen molar-refractivity contribution in [1.82, 2.24) is 9.55 Å². The molecule has 0 aliphatic heterocycles. The Kier molecular flexibility index (Phi) is 5.94. The standard InChI is InChI=1S/C15H19ClF2N2O/c1-2-3-8-21-9-4-7-20-13(10-16)19-12-6-5-11(17)14(18)15(12)20/h5-6H,2-4,7-10H2,1H3. The van der Waals surface area contributed by atoms with E-state index in [1.165, 1.54) is 6.07 Å². The highest BCUT2D eigenvalue weighted by Crippen LogP contribution is 2.23. The molecular weight excluding hydrogens is 298 g/mol. The minimum Gasteiger partial charge on any atom is -0.381 e. The van der Waals surface area contributed by atoms with Crippen LogP contribution in [0.5, 0.6) is 0 Å². The van der Waals surface area contributed by atoms with Crippen LogP contribution < -0.4 is 0 Å². The molecule has 2 aromatic rings. The topological polar surface area (TPSA) is 27.1 Å². The van der Waals surface area contributed by atoms with Gasteiger partial charge in [0, 0.05) is 19.8 Å². The van der Waals surface area contributed by atoms with E-state index in [4.69, 9.17) is 16.3 Å². The maximum Gasteiger partial charge on any atom is 0.184 e. The summed E-state index contributed by atoms with van der Waals surface area (Å²) in [5.41, 5.74) is 0.607. The third kappa shape index (κ3) is 3.71. The van der Waals surface area contributed by atoms with Gasteiger partial charge in [0.2, 0.25) is 0 Å². The van der Waals surface area contributed by atoms with Crippen molar-refractivity contribution in [3.8, 4) is 0 Å². The Labute approximate surface area is 127 Å². The molecule has 0 fully saturated rings. The molecule has 1 aromatic heterocycles. The summed E-state index contributed by atoms with van der Waals surface area (Å²) in [7, 11) is 0. The number of alkyl halides is 1. The molecule has 6 heteroatoms. The average molecular weight is 317 g/mol. The molecule has 0 radical (unpaired) electrons. The predicted octanol–water partition coefficient (Wildman–Crippen LogP) is 4.26. The van der Waals surface area contributed by atoms with Crippen LogP contribution in [0.1, 0.15) is 32.0 Å². The van der Waals surface area contributed by atoms with Crippen molar-refractivity contribution in [1.29, 1.82) is 0 Å². The van der Waals surface area contributed by atoms with Crippen LogP contribution in [0.4, 0.5) is 8.78 Å². The van der Waals surface area contributed by atoms with Crippen molar-refractivity contribution < 1.29 is 13.5 Å². The first-order valence-electron chi connectivity index (χ1n) is 7.15. The fraction of sp³-hybridized carbons (Fsp3) is 0.533. The molecule has 0 N–H and O–H groups in total. The third-order valence-electron chi connectivity index (χ3n) is 3.31. The van der Waals surface area contributed by atoms with Gasteiger partial charge in [-0.25, -0.2) is 13.8 Å². The van der Waals surface area contributed by atoms with Crippen molar-refractivity contribution in [3.05, 3.63) is 29.6 Å². The summed E-state index contributed by atoms with van der Waals surface area (Å²) in [6.07, 6.45) is 2.82. The van der Waals surface area contributed by atoms with E-state index in [1.54, 1.807) is 4.57 Å². The van der Waals surface area contributed by atoms with Crippen LogP contribution in [0.2, 0.25) is 0 Å². The lowest BCUT2D eigenvalue weighted by Crippen LogP contribution is -2.07. The second kappa shape index (κ2) is 7.71. The number of nitrogens with zero attached hydrogens (tertiary/aromatic N) is 2. The molecule has 0 atom stereocenters. The molecule has 1 aromatic carbocycles. The molecule has 0 aliphatic carbocycles. The van der Waals surface area contributed by atoms with Crippen molar-refractivity contribution in [2.75, 3.05) is 13.2 Å². The molecule has 1 heterocycles. The summed E-state index contributed by atoms with van der Waals surface area (Å²) in [4.78, 5) is 4.24. The molecule has 0 bridgehead atoms. The number of imidazole rings is 1. The Hall–Kier alpha value is -1.20. The second-order valence-electron chi connectivity index (χ2n) is 4.86. The van der Waals surface area contributed by atoms with E-state index in [0.29, 0.717) is 30.9 Å². The molecule has 0 aliphatic rings. The van der Waals surface area contributed by atoms with Crippen LogP contribution in [-0.2, 0) is 17.2 Å². The second-order valence-corrected chi connectivity index (χ2v) is 5.13. The van der Waals surface area contributed by atoms with Gasteiger partial charge in [-0.15, -0.1) is 11.6 Å². The minimum absolute atomic E-state index is 0.159. The van der Waals surface area contributed by atoms with Gasteiger partial charge in [0.15, 0.2) is 11.6 Å². The number of rotatable bonds is 8. The monoisotopic (exact) mass is 316 g/mol. The van der Waals surface area contributed by atoms with Gasteiger partial charge in [0.05, 0.1) is 11.4 Å². The van der Waals surface area contributed by atoms with Crippen LogP contribution >= 0.6 is 11.6 Å². The molecule has 116 valence electrons. The fourth-order valence-electron chi connectivity index (χ4n) is 2.22. The zero-order chi connectivity index (χ0) is 15.2. The zero-order valence-corrected chi connectivity index (χ0v) is 12.8. The first-order chi connectivity index (χ1) is 10.2. The number of fused-ring (bicyclic) bond motifs is 1. The smallest absolute Gasteiger partial charge is 0.184 e. The molecule has 0 saturated heterocycles. The number of hydrogen-bond acceptors (Lipinski definition) is 2. The Morgan fingerprint density at radius 3 is 2.71 bits per heavy atom. The predicted molar refractivity (Wildman–Crippen MR) is 79.6 cm³/mol. The molecule has 0 unspecified atom stereocenters. The first-order valence-corrected chi connectivity index (χ1v) is 7.69. The van der Waals surface area contributed by atoms with Gasteiger partial charge in [-0.1, -0.05) is 13.3 Å². The van der Waals surface area contributed by atoms with Gasteiger partial charge < -0.3 is 9.30 Å². The summed E-state index contributed by atoms with van der Waals surface area (Å²) in [5, 5.41) is 0. The van der Waals surface area contributed by atoms with Gasteiger partial charge in [-0.3, -0.25) is 0 Å². The summed E-state index contributed by atoms with van der Waals surface area (Å²) in [6.45, 7) is 3.92. The van der Waals surface area contributed by atoms with E-state index in [-0.39, 0.29) is 11.4 Å². The van der Waals surface area contributed by atoms with Crippen molar-refractivity contribution >= 4 is 22.6 Å². The van der Waals surface area contributed by atoms with Crippen LogP contribution in [0.3, 0.4) is 0 Å². The number of benzene rings is 1. The average Bonchev–Trinajstić information content (AvgIpc) is 2.85. The lowest BCUT2D eigenvalue weighted by Gasteiger charge is -2.09. The fourth-order valence-corrected chi connectivity index (χ4v) is 2.43. The highest BCUT2D eigenvalue weighted by molar-refractivity contribution is 6.16. The lowest BCUT2D eigenvalue weighted by atomic mass is 10.3. The normalized spacial score (nSPS) is 11.4. The molecule has 0 amide bonds. The molecule has 0 spiro atoms. The Morgan fingerprint density at radius 1 is 1.24 bits per heavy atom. The summed E-state index contributed by atoms with van der Waals surface area (Å²) >= 11 is 5.85. The van der Waals surface area contributed by atoms with Crippen LogP contribution in [-0.4, -0.2) is 22.8 Å². The Morgan fingerprint density at radius 2 is 2.00 bits per heavy atom. The molecule has 21 heavy (non-hydrogen) atoms. The number of hydrogen-bond donors (Lipinski definition) is 0. The summed E-state index contributed by atoms with van der Waals surface area (Å²) in [6, 6.07) is 2.55. The van der Waals surface area contributed by atoms with Gasteiger partial charge in [-0.2, -0.15) is 0 Å². The number of halogens is 3. The zero-order valence-electron chi connectivity index (χ0n) is 12.0. The maximum atomic E-state index is 14.0. The van der Waals surface area contributed by atoms with Crippen molar-refractivity contribution in [3.63, 3.8) is 0 Å². The highest BCUT2D eigenvalue weighted by Gasteiger charge is 2.16. The molecular formula is C15H19ClF2N2O. The van der Waals surface area contributed by atoms with Crippen LogP contribution in [0.15, 0.2) is 12.1 Å². The SMILES string of the molecule is CCCCOCCCn1c(CCl)nc2ccc(F)c(F)c21. The van der Waals surface area contributed by atoms with E-state index >= 15 is 0 Å². The number of aromatic nitrogens is 2. The quantitative estimate of drug-likeness (QED) is 0.537. The van der Waals surface area contributed by atoms with Gasteiger partial charge in [0.25, 0.3) is 0 Å². The van der Waals surface area contributed by atoms with Gasteiger partial charge >= 0.3 is 0 Å². The molecule has 3 nitrogen and oxygen atoms in total. The van der Waals surface area contributed by atoms with E-state index < -0.39 is 11.6 Å². The van der Waals surface area contributed by atoms with E-state index in [0.717, 1.165) is 25.5 Å². The number of aryl methyl sites for hydroxylation is 1. The summed E-state index contributed by atoms with van der Waals surface area (Å²) in [5.74, 6) is -1.04. The largest absolute Gasteiger partial charge is 0.381 e. The van der Waals surface area contributed by atoms with Crippen LogP contribution in [0, 0.1) is 11.6 Å². The Balaban J connectivity index is 2.12. The first kappa shape index (κ1) is 16.2. The van der Waals surface area contributed by atoms with Gasteiger partial charge in [-0.05, 0) is 25.0 Å². The minimum atomic E-state index is -0.872. The number of unbranched alkanes of at least 4 members (excludes halogenated alkanes) is 1. The maximum absolute atomic E-state index is 14.0. The third-order valence-corrected chi connectivity index (χ3v) is 3.55. The van der Waals surface area contributed by atoms with E-state index in [1.807, 2.05) is 0 Å². The molecule has 2 rings (SSSR count). The van der Waals surface area contributed by atoms with Gasteiger partial charge in [0.1, 0.15) is 11.3 Å². The highest BCUT2D eigenvalue weighted by atomic mass is 35.5. The van der Waals surface area contributed by atoms with Crippen molar-refractivity contribution in [2.45, 2.75) is 38.6 Å². The molecule has 0 saturated carbocycles. The van der Waals surface area contributed by atoms with Crippen LogP contribution in [0.25, 0.3) is 11.0 Å².